The summed E-state index contributed by atoms with van der Waals surface area (Å²) >= 11 is 1.46. The molecule has 4 aromatic rings. The molecule has 1 aromatic carbocycles. The summed E-state index contributed by atoms with van der Waals surface area (Å²) in [7, 11) is 0. The van der Waals surface area contributed by atoms with Crippen LogP contribution in [0.1, 0.15) is 50.5 Å². The molecule has 0 fully saturated rings. The maximum atomic E-state index is 13.8. The second kappa shape index (κ2) is 8.32. The lowest BCUT2D eigenvalue weighted by molar-refractivity contribution is -0.117. The number of aromatic nitrogens is 4. The summed E-state index contributed by atoms with van der Waals surface area (Å²) < 4.78 is 1.81. The Balaban J connectivity index is 1.65. The van der Waals surface area contributed by atoms with Crippen molar-refractivity contribution in [1.29, 1.82) is 0 Å². The highest BCUT2D eigenvalue weighted by atomic mass is 32.1. The topological polar surface area (TPSA) is 102 Å². The number of carbonyl (C=O) groups is 1. The fourth-order valence-electron chi connectivity index (χ4n) is 4.21. The molecule has 1 aliphatic heterocycles. The number of allylic oxidation sites excluding steroid dienone is 1. The maximum Gasteiger partial charge on any atom is 0.259 e. The van der Waals surface area contributed by atoms with Crippen molar-refractivity contribution in [1.82, 2.24) is 19.5 Å². The lowest BCUT2D eigenvalue weighted by Crippen LogP contribution is -2.29. The molecule has 8 nitrogen and oxygen atoms in total. The lowest BCUT2D eigenvalue weighted by atomic mass is 9.96. The van der Waals surface area contributed by atoms with Gasteiger partial charge in [-0.25, -0.2) is 19.9 Å². The number of rotatable bonds is 5. The standard InChI is InChI=1S/C24H22N6O2S/c1-13(2)30-18(14(3)29-22-21-23(27-11-26-22)33-12-28-21)9-15-5-4-6-17(20(15)24(30)32)16-7-8-19(31)25-10-16/h4-7,9-14H,8H2,1-3H3,(H,26,27,29)/t14-/m0/s1. The summed E-state index contributed by atoms with van der Waals surface area (Å²) in [6.07, 6.45) is 5.13. The van der Waals surface area contributed by atoms with Crippen LogP contribution >= 0.6 is 11.3 Å². The van der Waals surface area contributed by atoms with E-state index in [1.165, 1.54) is 17.7 Å². The average molecular weight is 459 g/mol. The molecule has 5 rings (SSSR count). The first-order chi connectivity index (χ1) is 15.9. The number of carbonyl (C=O) groups excluding carboxylic acids is 1. The van der Waals surface area contributed by atoms with E-state index in [0.29, 0.717) is 16.7 Å². The number of benzene rings is 1. The van der Waals surface area contributed by atoms with Gasteiger partial charge in [-0.1, -0.05) is 24.3 Å². The van der Waals surface area contributed by atoms with Crippen LogP contribution in [0.2, 0.25) is 0 Å². The van der Waals surface area contributed by atoms with Crippen LogP contribution in [-0.4, -0.2) is 31.6 Å². The number of fused-ring (bicyclic) bond motifs is 2. The number of dihydropyridines is 1. The molecule has 0 unspecified atom stereocenters. The third-order valence-electron chi connectivity index (χ3n) is 5.71. The number of amides is 1. The van der Waals surface area contributed by atoms with E-state index in [1.807, 2.05) is 55.7 Å². The predicted molar refractivity (Wildman–Crippen MR) is 132 cm³/mol. The molecule has 0 saturated carbocycles. The number of hydrogen-bond acceptors (Lipinski definition) is 7. The fourth-order valence-corrected chi connectivity index (χ4v) is 4.83. The van der Waals surface area contributed by atoms with E-state index in [2.05, 4.69) is 25.3 Å². The van der Waals surface area contributed by atoms with Gasteiger partial charge in [0.2, 0.25) is 5.91 Å². The van der Waals surface area contributed by atoms with Gasteiger partial charge in [-0.15, -0.1) is 11.3 Å². The van der Waals surface area contributed by atoms with Crippen molar-refractivity contribution >= 4 is 56.0 Å². The van der Waals surface area contributed by atoms with E-state index in [0.717, 1.165) is 27.0 Å². The molecular weight excluding hydrogens is 436 g/mol. The van der Waals surface area contributed by atoms with E-state index in [9.17, 15) is 9.59 Å². The van der Waals surface area contributed by atoms with E-state index in [1.54, 1.807) is 11.7 Å². The zero-order valence-corrected chi connectivity index (χ0v) is 19.3. The van der Waals surface area contributed by atoms with E-state index in [-0.39, 0.29) is 30.0 Å². The molecular formula is C24H22N6O2S. The number of thiazole rings is 1. The monoisotopic (exact) mass is 458 g/mol. The molecule has 0 aliphatic carbocycles. The smallest absolute Gasteiger partial charge is 0.259 e. The first-order valence-electron chi connectivity index (χ1n) is 10.7. The zero-order chi connectivity index (χ0) is 23.1. The van der Waals surface area contributed by atoms with Gasteiger partial charge in [0.15, 0.2) is 5.82 Å². The van der Waals surface area contributed by atoms with Gasteiger partial charge < -0.3 is 9.88 Å². The number of anilines is 1. The van der Waals surface area contributed by atoms with Crippen molar-refractivity contribution in [3.8, 4) is 0 Å². The number of aliphatic imine (C=N–C) groups is 1. The van der Waals surface area contributed by atoms with Gasteiger partial charge in [0.25, 0.3) is 5.56 Å². The number of nitrogens with zero attached hydrogens (tertiary/aromatic N) is 5. The van der Waals surface area contributed by atoms with Crippen LogP contribution in [0.5, 0.6) is 0 Å². The van der Waals surface area contributed by atoms with Gasteiger partial charge in [0.05, 0.1) is 16.9 Å². The van der Waals surface area contributed by atoms with Crippen LogP contribution in [0.3, 0.4) is 0 Å². The van der Waals surface area contributed by atoms with E-state index in [4.69, 9.17) is 0 Å². The third kappa shape index (κ3) is 3.74. The van der Waals surface area contributed by atoms with Gasteiger partial charge in [-0.05, 0) is 43.4 Å². The van der Waals surface area contributed by atoms with Crippen molar-refractivity contribution in [2.75, 3.05) is 5.32 Å². The highest BCUT2D eigenvalue weighted by molar-refractivity contribution is 7.16. The first-order valence-corrected chi connectivity index (χ1v) is 11.6. The number of pyridine rings is 1. The molecule has 4 heterocycles. The number of nitrogens with one attached hydrogen (secondary N) is 1. The van der Waals surface area contributed by atoms with Crippen LogP contribution in [0.15, 0.2) is 52.0 Å². The van der Waals surface area contributed by atoms with Gasteiger partial charge >= 0.3 is 0 Å². The third-order valence-corrected chi connectivity index (χ3v) is 6.45. The van der Waals surface area contributed by atoms with Crippen LogP contribution < -0.4 is 10.9 Å². The highest BCUT2D eigenvalue weighted by Gasteiger charge is 2.21. The molecule has 0 saturated heterocycles. The van der Waals surface area contributed by atoms with Crippen molar-refractivity contribution in [3.63, 3.8) is 0 Å². The van der Waals surface area contributed by atoms with Gasteiger partial charge in [-0.2, -0.15) is 0 Å². The molecule has 9 heteroatoms. The Morgan fingerprint density at radius 1 is 1.12 bits per heavy atom. The summed E-state index contributed by atoms with van der Waals surface area (Å²) in [5.41, 5.74) is 4.81. The van der Waals surface area contributed by atoms with Crippen LogP contribution in [-0.2, 0) is 4.79 Å². The van der Waals surface area contributed by atoms with Crippen molar-refractivity contribution in [2.45, 2.75) is 39.3 Å². The van der Waals surface area contributed by atoms with Crippen molar-refractivity contribution in [2.24, 2.45) is 4.99 Å². The van der Waals surface area contributed by atoms with Crippen LogP contribution in [0.25, 0.3) is 26.7 Å². The second-order valence-electron chi connectivity index (χ2n) is 8.22. The average Bonchev–Trinajstić information content (AvgIpc) is 3.29. The lowest BCUT2D eigenvalue weighted by Gasteiger charge is -2.24. The Morgan fingerprint density at radius 2 is 1.97 bits per heavy atom. The van der Waals surface area contributed by atoms with Crippen LogP contribution in [0, 0.1) is 0 Å². The molecule has 3 aromatic heterocycles. The van der Waals surface area contributed by atoms with Gasteiger partial charge in [0, 0.05) is 24.4 Å². The minimum absolute atomic E-state index is 0.0607. The normalized spacial score (nSPS) is 14.8. The molecule has 0 bridgehead atoms. The fraction of sp³-hybridized carbons (Fsp3) is 0.250. The zero-order valence-electron chi connectivity index (χ0n) is 18.4. The quantitative estimate of drug-likeness (QED) is 0.471. The predicted octanol–water partition coefficient (Wildman–Crippen LogP) is 4.54. The summed E-state index contributed by atoms with van der Waals surface area (Å²) in [4.78, 5) is 43.1. The molecule has 1 N–H and O–H groups in total. The van der Waals surface area contributed by atoms with Crippen molar-refractivity contribution in [3.05, 3.63) is 63.8 Å². The number of hydrogen-bond donors (Lipinski definition) is 1. The van der Waals surface area contributed by atoms with Gasteiger partial charge in [-0.3, -0.25) is 9.59 Å². The van der Waals surface area contributed by atoms with Crippen molar-refractivity contribution < 1.29 is 4.79 Å². The Hall–Kier alpha value is -3.72. The largest absolute Gasteiger partial charge is 0.360 e. The Labute approximate surface area is 193 Å². The van der Waals surface area contributed by atoms with Gasteiger partial charge in [0.1, 0.15) is 16.7 Å². The SMILES string of the molecule is CC(C)n1c([C@H](C)Nc2ncnc3scnc23)cc2cccc(C3=CCC(=O)N=C3)c2c1=O. The molecule has 1 aliphatic rings. The summed E-state index contributed by atoms with van der Waals surface area (Å²) in [6.45, 7) is 6.00. The summed E-state index contributed by atoms with van der Waals surface area (Å²) in [6, 6.07) is 7.55. The maximum absolute atomic E-state index is 13.8. The molecule has 0 radical (unpaired) electrons. The first kappa shape index (κ1) is 21.1. The van der Waals surface area contributed by atoms with E-state index < -0.39 is 0 Å². The summed E-state index contributed by atoms with van der Waals surface area (Å²) in [5.74, 6) is 0.457. The Morgan fingerprint density at radius 3 is 2.73 bits per heavy atom. The van der Waals surface area contributed by atoms with E-state index >= 15 is 0 Å². The Bertz CT molecular complexity index is 1510. The minimum Gasteiger partial charge on any atom is -0.360 e. The molecule has 33 heavy (non-hydrogen) atoms. The second-order valence-corrected chi connectivity index (χ2v) is 9.05. The minimum atomic E-state index is -0.207. The molecule has 1 atom stereocenters. The highest BCUT2D eigenvalue weighted by Crippen LogP contribution is 2.29. The summed E-state index contributed by atoms with van der Waals surface area (Å²) in [5, 5.41) is 4.88. The molecule has 166 valence electrons. The molecule has 0 spiro atoms. The Kier molecular flexibility index (Phi) is 5.33. The molecule has 1 amide bonds. The van der Waals surface area contributed by atoms with Crippen LogP contribution in [0.4, 0.5) is 5.82 Å².